The summed E-state index contributed by atoms with van der Waals surface area (Å²) >= 11 is 7.44. The Kier molecular flexibility index (Phi) is 4.35. The van der Waals surface area contributed by atoms with Gasteiger partial charge in [0.25, 0.3) is 0 Å². The van der Waals surface area contributed by atoms with E-state index in [1.54, 1.807) is 23.9 Å². The predicted octanol–water partition coefficient (Wildman–Crippen LogP) is 3.31. The Morgan fingerprint density at radius 2 is 1.84 bits per heavy atom. The summed E-state index contributed by atoms with van der Waals surface area (Å²) in [6, 6.07) is 12.8. The van der Waals surface area contributed by atoms with E-state index in [4.69, 9.17) is 23.1 Å². The molecule has 4 N–H and O–H groups in total. The van der Waals surface area contributed by atoms with Gasteiger partial charge in [0.2, 0.25) is 5.91 Å². The number of carbonyl (C=O) groups excluding carboxylic acids is 1. The molecule has 0 heterocycles. The van der Waals surface area contributed by atoms with Gasteiger partial charge in [-0.15, -0.1) is 11.8 Å². The molecule has 0 aliphatic rings. The number of thioether (sulfide) groups is 1. The van der Waals surface area contributed by atoms with E-state index in [9.17, 15) is 4.79 Å². The summed E-state index contributed by atoms with van der Waals surface area (Å²) in [4.78, 5) is 12.0. The maximum absolute atomic E-state index is 11.0. The average Bonchev–Trinajstić information content (AvgIpc) is 2.39. The number of nitrogens with two attached hydrogens (primary N) is 2. The van der Waals surface area contributed by atoms with Crippen molar-refractivity contribution in [3.63, 3.8) is 0 Å². The molecule has 5 heteroatoms. The Balaban J connectivity index is 2.07. The average molecular weight is 293 g/mol. The van der Waals surface area contributed by atoms with Gasteiger partial charge in [-0.3, -0.25) is 4.79 Å². The molecule has 19 heavy (non-hydrogen) atoms. The highest BCUT2D eigenvalue weighted by Gasteiger charge is 2.05. The third kappa shape index (κ3) is 3.66. The first kappa shape index (κ1) is 13.8. The molecule has 0 saturated heterocycles. The van der Waals surface area contributed by atoms with E-state index < -0.39 is 5.91 Å². The van der Waals surface area contributed by atoms with Crippen molar-refractivity contribution in [1.29, 1.82) is 0 Å². The second kappa shape index (κ2) is 5.99. The fourth-order valence-electron chi connectivity index (χ4n) is 1.57. The number of hydrogen-bond acceptors (Lipinski definition) is 3. The van der Waals surface area contributed by atoms with Crippen molar-refractivity contribution in [3.8, 4) is 0 Å². The molecule has 2 aromatic carbocycles. The van der Waals surface area contributed by atoms with Crippen LogP contribution in [0.5, 0.6) is 0 Å². The molecule has 0 aromatic heterocycles. The molecule has 1 amide bonds. The highest BCUT2D eigenvalue weighted by molar-refractivity contribution is 7.98. The fourth-order valence-corrected chi connectivity index (χ4v) is 2.61. The SMILES string of the molecule is NC(=O)c1ccc(SCc2ccc(Cl)cc2)c(N)c1. The Bertz CT molecular complexity index is 599. The zero-order chi connectivity index (χ0) is 13.8. The van der Waals surface area contributed by atoms with Crippen LogP contribution in [0.25, 0.3) is 0 Å². The van der Waals surface area contributed by atoms with Gasteiger partial charge < -0.3 is 11.5 Å². The molecule has 0 unspecified atom stereocenters. The molecule has 0 atom stereocenters. The van der Waals surface area contributed by atoms with Crippen molar-refractivity contribution < 1.29 is 4.79 Å². The normalized spacial score (nSPS) is 10.4. The number of primary amides is 1. The summed E-state index contributed by atoms with van der Waals surface area (Å²) in [6.45, 7) is 0. The van der Waals surface area contributed by atoms with Gasteiger partial charge in [-0.25, -0.2) is 0 Å². The van der Waals surface area contributed by atoms with E-state index in [0.29, 0.717) is 11.3 Å². The molecule has 2 aromatic rings. The minimum Gasteiger partial charge on any atom is -0.398 e. The summed E-state index contributed by atoms with van der Waals surface area (Å²) in [5.41, 5.74) is 13.2. The van der Waals surface area contributed by atoms with Crippen LogP contribution in [-0.2, 0) is 5.75 Å². The van der Waals surface area contributed by atoms with Gasteiger partial charge >= 0.3 is 0 Å². The molecule has 98 valence electrons. The Labute approximate surface area is 120 Å². The largest absolute Gasteiger partial charge is 0.398 e. The lowest BCUT2D eigenvalue weighted by Crippen LogP contribution is -2.11. The van der Waals surface area contributed by atoms with Gasteiger partial charge in [-0.2, -0.15) is 0 Å². The molecule has 0 bridgehead atoms. The van der Waals surface area contributed by atoms with Crippen LogP contribution < -0.4 is 11.5 Å². The van der Waals surface area contributed by atoms with Crippen molar-refractivity contribution in [1.82, 2.24) is 0 Å². The highest BCUT2D eigenvalue weighted by atomic mass is 35.5. The topological polar surface area (TPSA) is 69.1 Å². The van der Waals surface area contributed by atoms with Crippen molar-refractivity contribution in [2.75, 3.05) is 5.73 Å². The minimum atomic E-state index is -0.471. The van der Waals surface area contributed by atoms with E-state index in [0.717, 1.165) is 21.2 Å². The summed E-state index contributed by atoms with van der Waals surface area (Å²) in [7, 11) is 0. The van der Waals surface area contributed by atoms with Gasteiger partial charge in [0.1, 0.15) is 0 Å². The van der Waals surface area contributed by atoms with E-state index in [1.165, 1.54) is 0 Å². The smallest absolute Gasteiger partial charge is 0.248 e. The van der Waals surface area contributed by atoms with Crippen LogP contribution in [0.15, 0.2) is 47.4 Å². The summed E-state index contributed by atoms with van der Waals surface area (Å²) in [5, 5.41) is 0.721. The van der Waals surface area contributed by atoms with Crippen LogP contribution in [-0.4, -0.2) is 5.91 Å². The van der Waals surface area contributed by atoms with E-state index >= 15 is 0 Å². The predicted molar refractivity (Wildman–Crippen MR) is 80.4 cm³/mol. The van der Waals surface area contributed by atoms with Crippen LogP contribution in [0.3, 0.4) is 0 Å². The molecule has 3 nitrogen and oxygen atoms in total. The van der Waals surface area contributed by atoms with Crippen molar-refractivity contribution in [2.24, 2.45) is 5.73 Å². The van der Waals surface area contributed by atoms with E-state index in [2.05, 4.69) is 0 Å². The molecule has 0 aliphatic heterocycles. The molecule has 2 rings (SSSR count). The molecule has 0 fully saturated rings. The second-order valence-corrected chi connectivity index (χ2v) is 5.49. The number of hydrogen-bond donors (Lipinski definition) is 2. The quantitative estimate of drug-likeness (QED) is 0.671. The van der Waals surface area contributed by atoms with Gasteiger partial charge in [-0.1, -0.05) is 23.7 Å². The Hall–Kier alpha value is -1.65. The lowest BCUT2D eigenvalue weighted by Gasteiger charge is -2.07. The summed E-state index contributed by atoms with van der Waals surface area (Å²) < 4.78 is 0. The van der Waals surface area contributed by atoms with Crippen molar-refractivity contribution in [2.45, 2.75) is 10.6 Å². The van der Waals surface area contributed by atoms with Gasteiger partial charge in [0, 0.05) is 26.9 Å². The van der Waals surface area contributed by atoms with Gasteiger partial charge in [0.15, 0.2) is 0 Å². The van der Waals surface area contributed by atoms with Crippen LogP contribution in [0, 0.1) is 0 Å². The molecule has 0 spiro atoms. The number of halogens is 1. The molecule has 0 saturated carbocycles. The fraction of sp³-hybridized carbons (Fsp3) is 0.0714. The lowest BCUT2D eigenvalue weighted by molar-refractivity contribution is 0.100. The van der Waals surface area contributed by atoms with Gasteiger partial charge in [0.05, 0.1) is 0 Å². The van der Waals surface area contributed by atoms with Crippen LogP contribution in [0.4, 0.5) is 5.69 Å². The monoisotopic (exact) mass is 292 g/mol. The minimum absolute atomic E-state index is 0.424. The third-order valence-electron chi connectivity index (χ3n) is 2.60. The standard InChI is InChI=1S/C14H13ClN2OS/c15-11-4-1-9(2-5-11)8-19-13-6-3-10(14(17)18)7-12(13)16/h1-7H,8,16H2,(H2,17,18). The molecular weight excluding hydrogens is 280 g/mol. The second-order valence-electron chi connectivity index (χ2n) is 4.03. The number of nitrogen functional groups attached to an aromatic ring is 1. The number of carbonyl (C=O) groups is 1. The first-order valence-corrected chi connectivity index (χ1v) is 6.99. The molecule has 0 aliphatic carbocycles. The van der Waals surface area contributed by atoms with Gasteiger partial charge in [-0.05, 0) is 35.9 Å². The van der Waals surface area contributed by atoms with Crippen LogP contribution >= 0.6 is 23.4 Å². The highest BCUT2D eigenvalue weighted by Crippen LogP contribution is 2.29. The third-order valence-corrected chi connectivity index (χ3v) is 4.01. The van der Waals surface area contributed by atoms with E-state index in [-0.39, 0.29) is 0 Å². The number of rotatable bonds is 4. The summed E-state index contributed by atoms with van der Waals surface area (Å²) in [6.07, 6.45) is 0. The van der Waals surface area contributed by atoms with E-state index in [1.807, 2.05) is 30.3 Å². The molecular formula is C14H13ClN2OS. The Morgan fingerprint density at radius 1 is 1.16 bits per heavy atom. The zero-order valence-corrected chi connectivity index (χ0v) is 11.7. The number of benzene rings is 2. The maximum Gasteiger partial charge on any atom is 0.248 e. The lowest BCUT2D eigenvalue weighted by atomic mass is 10.2. The first-order chi connectivity index (χ1) is 9.06. The maximum atomic E-state index is 11.0. The molecule has 0 radical (unpaired) electrons. The van der Waals surface area contributed by atoms with Crippen molar-refractivity contribution >= 4 is 35.0 Å². The van der Waals surface area contributed by atoms with Crippen LogP contribution in [0.2, 0.25) is 5.02 Å². The first-order valence-electron chi connectivity index (χ1n) is 5.63. The van der Waals surface area contributed by atoms with Crippen LogP contribution in [0.1, 0.15) is 15.9 Å². The zero-order valence-electron chi connectivity index (χ0n) is 10.1. The summed E-state index contributed by atoms with van der Waals surface area (Å²) in [5.74, 6) is 0.318. The number of amides is 1. The van der Waals surface area contributed by atoms with Crippen molar-refractivity contribution in [3.05, 3.63) is 58.6 Å². The number of anilines is 1. The Morgan fingerprint density at radius 3 is 2.42 bits per heavy atom.